The van der Waals surface area contributed by atoms with E-state index >= 15 is 0 Å². The van der Waals surface area contributed by atoms with Crippen LogP contribution in [-0.4, -0.2) is 67.7 Å². The third-order valence-corrected chi connectivity index (χ3v) is 6.96. The molecule has 1 saturated carbocycles. The Morgan fingerprint density at radius 2 is 2.03 bits per heavy atom. The number of benzene rings is 1. The van der Waals surface area contributed by atoms with Crippen molar-refractivity contribution in [1.29, 1.82) is 0 Å². The summed E-state index contributed by atoms with van der Waals surface area (Å²) in [4.78, 5) is 24.3. The molecule has 0 aromatic heterocycles. The highest BCUT2D eigenvalue weighted by molar-refractivity contribution is 7.89. The molecule has 3 rings (SSSR count). The Morgan fingerprint density at radius 3 is 2.61 bits per heavy atom. The fourth-order valence-electron chi connectivity index (χ4n) is 3.37. The number of halogens is 1. The van der Waals surface area contributed by atoms with E-state index in [1.54, 1.807) is 6.92 Å². The second kappa shape index (κ2) is 9.53. The van der Waals surface area contributed by atoms with Gasteiger partial charge in [0, 0.05) is 6.61 Å². The number of nitrogens with zero attached hydrogens (tertiary/aromatic N) is 1. The van der Waals surface area contributed by atoms with Crippen molar-refractivity contribution in [2.24, 2.45) is 0 Å². The molecule has 1 atom stereocenters. The van der Waals surface area contributed by atoms with E-state index in [1.165, 1.54) is 36.9 Å². The highest BCUT2D eigenvalue weighted by Gasteiger charge is 2.47. The minimum Gasteiger partial charge on any atom is -0.488 e. The SMILES string of the molecule is C[C@@H]1C(=O)NC(=O)N1COCCCS(=O)(=O)NC1(c2ccc(F)c(OCC(C)(C)O)c2)CC1. The molecule has 184 valence electrons. The number of ether oxygens (including phenoxy) is 2. The van der Waals surface area contributed by atoms with Gasteiger partial charge in [-0.15, -0.1) is 0 Å². The number of urea groups is 1. The summed E-state index contributed by atoms with van der Waals surface area (Å²) in [5, 5.41) is 12.0. The normalized spacial score (nSPS) is 20.2. The quantitative estimate of drug-likeness (QED) is 0.298. The molecule has 1 aliphatic heterocycles. The van der Waals surface area contributed by atoms with Crippen molar-refractivity contribution in [2.75, 3.05) is 25.7 Å². The number of carbonyl (C=O) groups is 2. The molecule has 0 unspecified atom stereocenters. The molecule has 1 aliphatic carbocycles. The van der Waals surface area contributed by atoms with Gasteiger partial charge in [0.1, 0.15) is 19.4 Å². The van der Waals surface area contributed by atoms with E-state index in [2.05, 4.69) is 10.0 Å². The number of sulfonamides is 1. The standard InChI is InChI=1S/C21H30FN3O7S/c1-14-18(26)23-19(27)25(14)13-31-9-4-10-33(29,30)24-21(7-8-21)15-5-6-16(22)17(11-15)32-12-20(2,3)28/h5-6,11,14,24,28H,4,7-10,12-13H2,1-3H3,(H,23,26,27)/t14-/m1/s1. The lowest BCUT2D eigenvalue weighted by Gasteiger charge is -2.21. The van der Waals surface area contributed by atoms with Crippen molar-refractivity contribution >= 4 is 22.0 Å². The van der Waals surface area contributed by atoms with Crippen LogP contribution in [0.4, 0.5) is 9.18 Å². The van der Waals surface area contributed by atoms with Gasteiger partial charge in [-0.2, -0.15) is 0 Å². The van der Waals surface area contributed by atoms with Gasteiger partial charge in [-0.3, -0.25) is 15.0 Å². The zero-order chi connectivity index (χ0) is 24.4. The largest absolute Gasteiger partial charge is 0.488 e. The topological polar surface area (TPSA) is 134 Å². The Labute approximate surface area is 192 Å². The molecule has 0 radical (unpaired) electrons. The number of carbonyl (C=O) groups excluding carboxylic acids is 2. The molecule has 0 spiro atoms. The second-order valence-electron chi connectivity index (χ2n) is 9.08. The maximum absolute atomic E-state index is 14.1. The van der Waals surface area contributed by atoms with Crippen molar-refractivity contribution in [3.8, 4) is 5.75 Å². The number of amides is 3. The Kier molecular flexibility index (Phi) is 7.32. The predicted molar refractivity (Wildman–Crippen MR) is 116 cm³/mol. The minimum absolute atomic E-state index is 0.0489. The van der Waals surface area contributed by atoms with Gasteiger partial charge in [-0.05, 0) is 57.7 Å². The van der Waals surface area contributed by atoms with Crippen molar-refractivity contribution in [1.82, 2.24) is 14.9 Å². The van der Waals surface area contributed by atoms with Crippen LogP contribution in [0.3, 0.4) is 0 Å². The van der Waals surface area contributed by atoms with Crippen LogP contribution in [0.5, 0.6) is 5.75 Å². The third kappa shape index (κ3) is 6.62. The Balaban J connectivity index is 1.51. The molecule has 1 saturated heterocycles. The summed E-state index contributed by atoms with van der Waals surface area (Å²) >= 11 is 0. The van der Waals surface area contributed by atoms with E-state index < -0.39 is 45.0 Å². The molecular formula is C21H30FN3O7S. The lowest BCUT2D eigenvalue weighted by molar-refractivity contribution is -0.121. The third-order valence-electron chi connectivity index (χ3n) is 5.44. The molecule has 3 N–H and O–H groups in total. The number of imide groups is 1. The van der Waals surface area contributed by atoms with E-state index in [0.717, 1.165) is 0 Å². The zero-order valence-corrected chi connectivity index (χ0v) is 19.7. The highest BCUT2D eigenvalue weighted by atomic mass is 32.2. The molecule has 1 aromatic rings. The number of hydrogen-bond acceptors (Lipinski definition) is 7. The maximum Gasteiger partial charge on any atom is 0.326 e. The van der Waals surface area contributed by atoms with E-state index in [9.17, 15) is 27.5 Å². The van der Waals surface area contributed by atoms with Gasteiger partial charge in [0.05, 0.1) is 16.9 Å². The second-order valence-corrected chi connectivity index (χ2v) is 10.9. The van der Waals surface area contributed by atoms with Gasteiger partial charge in [0.15, 0.2) is 11.6 Å². The van der Waals surface area contributed by atoms with Gasteiger partial charge in [-0.25, -0.2) is 22.3 Å². The molecule has 0 bridgehead atoms. The fraction of sp³-hybridized carbons (Fsp3) is 0.619. The highest BCUT2D eigenvalue weighted by Crippen LogP contribution is 2.47. The number of hydrogen-bond donors (Lipinski definition) is 3. The van der Waals surface area contributed by atoms with Crippen molar-refractivity contribution < 1.29 is 37.0 Å². The smallest absolute Gasteiger partial charge is 0.326 e. The Bertz CT molecular complexity index is 1010. The summed E-state index contributed by atoms with van der Waals surface area (Å²) in [6.07, 6.45) is 1.32. The van der Waals surface area contributed by atoms with Crippen molar-refractivity contribution in [3.63, 3.8) is 0 Å². The lowest BCUT2D eigenvalue weighted by Crippen LogP contribution is -2.37. The number of nitrogens with one attached hydrogen (secondary N) is 2. The predicted octanol–water partition coefficient (Wildman–Crippen LogP) is 1.19. The van der Waals surface area contributed by atoms with Gasteiger partial charge < -0.3 is 14.6 Å². The van der Waals surface area contributed by atoms with Crippen LogP contribution in [0.25, 0.3) is 0 Å². The fourth-order valence-corrected chi connectivity index (χ4v) is 4.89. The summed E-state index contributed by atoms with van der Waals surface area (Å²) in [6, 6.07) is 3.03. The summed E-state index contributed by atoms with van der Waals surface area (Å²) in [5.74, 6) is -1.24. The molecule has 33 heavy (non-hydrogen) atoms. The van der Waals surface area contributed by atoms with E-state index in [4.69, 9.17) is 9.47 Å². The average Bonchev–Trinajstić information content (AvgIpc) is 3.43. The molecule has 2 aliphatic rings. The van der Waals surface area contributed by atoms with Gasteiger partial charge in [0.25, 0.3) is 5.91 Å². The minimum atomic E-state index is -3.66. The molecule has 2 fully saturated rings. The summed E-state index contributed by atoms with van der Waals surface area (Å²) in [5.41, 5.74) is -1.37. The van der Waals surface area contributed by atoms with Gasteiger partial charge in [0.2, 0.25) is 10.0 Å². The molecule has 1 heterocycles. The first-order chi connectivity index (χ1) is 15.3. The van der Waals surface area contributed by atoms with Crippen LogP contribution in [0.1, 0.15) is 45.6 Å². The van der Waals surface area contributed by atoms with Gasteiger partial charge >= 0.3 is 6.03 Å². The lowest BCUT2D eigenvalue weighted by atomic mass is 10.1. The molecule has 12 heteroatoms. The summed E-state index contributed by atoms with van der Waals surface area (Å²) in [7, 11) is -3.66. The van der Waals surface area contributed by atoms with Crippen molar-refractivity contribution in [3.05, 3.63) is 29.6 Å². The van der Waals surface area contributed by atoms with Crippen LogP contribution < -0.4 is 14.8 Å². The van der Waals surface area contributed by atoms with Crippen LogP contribution in [0, 0.1) is 5.82 Å². The van der Waals surface area contributed by atoms with Gasteiger partial charge in [-0.1, -0.05) is 6.07 Å². The Hall–Kier alpha value is -2.28. The molecular weight excluding hydrogens is 457 g/mol. The molecule has 10 nitrogen and oxygen atoms in total. The Morgan fingerprint density at radius 1 is 1.33 bits per heavy atom. The zero-order valence-electron chi connectivity index (χ0n) is 18.9. The molecule has 3 amide bonds. The van der Waals surface area contributed by atoms with E-state index in [-0.39, 0.29) is 37.9 Å². The number of rotatable bonds is 12. The monoisotopic (exact) mass is 487 g/mol. The van der Waals surface area contributed by atoms with Crippen molar-refractivity contribution in [2.45, 2.75) is 57.2 Å². The van der Waals surface area contributed by atoms with E-state index in [1.807, 2.05) is 0 Å². The number of aliphatic hydroxyl groups is 1. The van der Waals surface area contributed by atoms with Crippen LogP contribution in [0.2, 0.25) is 0 Å². The first kappa shape index (κ1) is 25.3. The average molecular weight is 488 g/mol. The summed E-state index contributed by atoms with van der Waals surface area (Å²) < 4.78 is 52.8. The first-order valence-electron chi connectivity index (χ1n) is 10.7. The first-order valence-corrected chi connectivity index (χ1v) is 12.3. The molecule has 1 aromatic carbocycles. The van der Waals surface area contributed by atoms with Crippen LogP contribution in [-0.2, 0) is 25.1 Å². The maximum atomic E-state index is 14.1. The van der Waals surface area contributed by atoms with Crippen LogP contribution >= 0.6 is 0 Å². The van der Waals surface area contributed by atoms with E-state index in [0.29, 0.717) is 18.4 Å². The van der Waals surface area contributed by atoms with Crippen LogP contribution in [0.15, 0.2) is 18.2 Å². The summed E-state index contributed by atoms with van der Waals surface area (Å²) in [6.45, 7) is 4.51.